The number of rotatable bonds is 6. The highest BCUT2D eigenvalue weighted by Crippen LogP contribution is 2.19. The van der Waals surface area contributed by atoms with E-state index in [1.165, 1.54) is 26.3 Å². The maximum atomic E-state index is 11.2. The van der Waals surface area contributed by atoms with E-state index in [9.17, 15) is 8.42 Å². The molecule has 4 nitrogen and oxygen atoms in total. The minimum absolute atomic E-state index is 0.246. The van der Waals surface area contributed by atoms with Gasteiger partial charge in [-0.25, -0.2) is 13.1 Å². The van der Waals surface area contributed by atoms with Crippen molar-refractivity contribution < 1.29 is 8.42 Å². The van der Waals surface area contributed by atoms with E-state index in [1.54, 1.807) is 0 Å². The van der Waals surface area contributed by atoms with E-state index in [2.05, 4.69) is 16.5 Å². The number of nitrogens with one attached hydrogen (secondary N) is 1. The first-order chi connectivity index (χ1) is 7.09. The summed E-state index contributed by atoms with van der Waals surface area (Å²) in [6.45, 7) is 4.25. The Balaban J connectivity index is 2.25. The monoisotopic (exact) mass is 234 g/mol. The number of sulfonamides is 1. The molecule has 5 heteroatoms. The molecule has 1 aliphatic rings. The van der Waals surface area contributed by atoms with Crippen LogP contribution < -0.4 is 4.72 Å². The van der Waals surface area contributed by atoms with Crippen LogP contribution in [0.25, 0.3) is 0 Å². The molecule has 0 radical (unpaired) electrons. The van der Waals surface area contributed by atoms with E-state index >= 15 is 0 Å². The maximum Gasteiger partial charge on any atom is 0.211 e. The summed E-state index contributed by atoms with van der Waals surface area (Å²) in [5.74, 6) is 0.246. The van der Waals surface area contributed by atoms with Gasteiger partial charge in [-0.05, 0) is 45.8 Å². The van der Waals surface area contributed by atoms with Crippen molar-refractivity contribution in [1.82, 2.24) is 9.62 Å². The summed E-state index contributed by atoms with van der Waals surface area (Å²) in [6, 6.07) is 0.683. The zero-order valence-corrected chi connectivity index (χ0v) is 10.5. The molecule has 1 saturated heterocycles. The highest BCUT2D eigenvalue weighted by molar-refractivity contribution is 7.89. The second kappa shape index (κ2) is 5.82. The third-order valence-electron chi connectivity index (χ3n) is 3.14. The fraction of sp³-hybridized carbons (Fsp3) is 1.00. The molecule has 1 fully saturated rings. The summed E-state index contributed by atoms with van der Waals surface area (Å²) in [5.41, 5.74) is 0. The molecule has 1 rings (SSSR count). The normalized spacial score (nSPS) is 23.5. The summed E-state index contributed by atoms with van der Waals surface area (Å²) in [6.07, 6.45) is 4.45. The molecule has 1 atom stereocenters. The van der Waals surface area contributed by atoms with Crippen LogP contribution in [0.3, 0.4) is 0 Å². The fourth-order valence-corrected chi connectivity index (χ4v) is 2.92. The van der Waals surface area contributed by atoms with Crippen molar-refractivity contribution in [3.8, 4) is 0 Å². The molecule has 0 aliphatic carbocycles. The minimum atomic E-state index is -3.01. The second-order valence-corrected chi connectivity index (χ2v) is 6.16. The standard InChI is InChI=1S/C10H22N2O2S/c1-3-10-6-4-7-12(10)8-5-9-15(13,14)11-2/h10-11H,3-9H2,1-2H3. The number of hydrogen-bond acceptors (Lipinski definition) is 3. The Morgan fingerprint density at radius 2 is 2.20 bits per heavy atom. The Morgan fingerprint density at radius 1 is 1.47 bits per heavy atom. The Morgan fingerprint density at radius 3 is 2.80 bits per heavy atom. The topological polar surface area (TPSA) is 49.4 Å². The Labute approximate surface area is 93.1 Å². The molecule has 0 amide bonds. The SMILES string of the molecule is CCC1CCCN1CCCS(=O)(=O)NC. The molecule has 0 aromatic rings. The van der Waals surface area contributed by atoms with E-state index in [0.717, 1.165) is 19.5 Å². The lowest BCUT2D eigenvalue weighted by atomic mass is 10.2. The van der Waals surface area contributed by atoms with Crippen LogP contribution >= 0.6 is 0 Å². The molecular formula is C10H22N2O2S. The van der Waals surface area contributed by atoms with Crippen molar-refractivity contribution in [2.45, 2.75) is 38.6 Å². The predicted octanol–water partition coefficient (Wildman–Crippen LogP) is 0.800. The van der Waals surface area contributed by atoms with E-state index in [-0.39, 0.29) is 5.75 Å². The predicted molar refractivity (Wildman–Crippen MR) is 62.3 cm³/mol. The van der Waals surface area contributed by atoms with Crippen LogP contribution in [-0.4, -0.2) is 45.2 Å². The van der Waals surface area contributed by atoms with Gasteiger partial charge in [-0.15, -0.1) is 0 Å². The van der Waals surface area contributed by atoms with Crippen molar-refractivity contribution in [2.75, 3.05) is 25.9 Å². The molecule has 0 aromatic heterocycles. The molecule has 1 N–H and O–H groups in total. The highest BCUT2D eigenvalue weighted by atomic mass is 32.2. The summed E-state index contributed by atoms with van der Waals surface area (Å²) in [5, 5.41) is 0. The van der Waals surface area contributed by atoms with Crippen LogP contribution in [0.2, 0.25) is 0 Å². The van der Waals surface area contributed by atoms with Crippen LogP contribution in [-0.2, 0) is 10.0 Å². The van der Waals surface area contributed by atoms with Gasteiger partial charge in [0.15, 0.2) is 0 Å². The molecule has 1 unspecified atom stereocenters. The Kier molecular flexibility index (Phi) is 5.02. The molecule has 90 valence electrons. The average Bonchev–Trinajstić information content (AvgIpc) is 2.65. The van der Waals surface area contributed by atoms with Crippen molar-refractivity contribution in [2.24, 2.45) is 0 Å². The lowest BCUT2D eigenvalue weighted by Crippen LogP contribution is -2.32. The largest absolute Gasteiger partial charge is 0.300 e. The van der Waals surface area contributed by atoms with E-state index in [4.69, 9.17) is 0 Å². The molecule has 1 heterocycles. The van der Waals surface area contributed by atoms with E-state index in [1.807, 2.05) is 0 Å². The quantitative estimate of drug-likeness (QED) is 0.739. The van der Waals surface area contributed by atoms with Crippen LogP contribution in [0, 0.1) is 0 Å². The molecule has 0 bridgehead atoms. The van der Waals surface area contributed by atoms with Gasteiger partial charge in [-0.1, -0.05) is 6.92 Å². The summed E-state index contributed by atoms with van der Waals surface area (Å²) < 4.78 is 24.7. The highest BCUT2D eigenvalue weighted by Gasteiger charge is 2.22. The summed E-state index contributed by atoms with van der Waals surface area (Å²) >= 11 is 0. The summed E-state index contributed by atoms with van der Waals surface area (Å²) in [7, 11) is -1.54. The Hall–Kier alpha value is -0.130. The number of likely N-dealkylation sites (tertiary alicyclic amines) is 1. The van der Waals surface area contributed by atoms with Crippen LogP contribution in [0.5, 0.6) is 0 Å². The number of nitrogens with zero attached hydrogens (tertiary/aromatic N) is 1. The van der Waals surface area contributed by atoms with Gasteiger partial charge in [0, 0.05) is 6.04 Å². The smallest absolute Gasteiger partial charge is 0.211 e. The van der Waals surface area contributed by atoms with Gasteiger partial charge in [0.05, 0.1) is 5.75 Å². The Bertz CT molecular complexity index is 277. The van der Waals surface area contributed by atoms with Gasteiger partial charge in [-0.3, -0.25) is 0 Å². The number of hydrogen-bond donors (Lipinski definition) is 1. The van der Waals surface area contributed by atoms with Gasteiger partial charge in [0.2, 0.25) is 10.0 Å². The van der Waals surface area contributed by atoms with Crippen LogP contribution in [0.15, 0.2) is 0 Å². The molecule has 0 aromatic carbocycles. The third-order valence-corrected chi connectivity index (χ3v) is 4.59. The zero-order valence-electron chi connectivity index (χ0n) is 9.70. The molecular weight excluding hydrogens is 212 g/mol. The first-order valence-corrected chi connectivity index (χ1v) is 7.39. The average molecular weight is 234 g/mol. The van der Waals surface area contributed by atoms with Crippen molar-refractivity contribution in [3.63, 3.8) is 0 Å². The lowest BCUT2D eigenvalue weighted by molar-refractivity contribution is 0.249. The molecule has 0 spiro atoms. The second-order valence-electron chi connectivity index (χ2n) is 4.12. The van der Waals surface area contributed by atoms with Gasteiger partial charge in [0.25, 0.3) is 0 Å². The maximum absolute atomic E-state index is 11.2. The zero-order chi connectivity index (χ0) is 11.3. The summed E-state index contributed by atoms with van der Waals surface area (Å²) in [4.78, 5) is 2.42. The lowest BCUT2D eigenvalue weighted by Gasteiger charge is -2.22. The van der Waals surface area contributed by atoms with Gasteiger partial charge in [0.1, 0.15) is 0 Å². The first kappa shape index (κ1) is 12.9. The molecule has 15 heavy (non-hydrogen) atoms. The van der Waals surface area contributed by atoms with E-state index in [0.29, 0.717) is 6.04 Å². The third kappa shape index (κ3) is 4.09. The van der Waals surface area contributed by atoms with Gasteiger partial charge in [-0.2, -0.15) is 0 Å². The fourth-order valence-electron chi connectivity index (χ4n) is 2.21. The van der Waals surface area contributed by atoms with Crippen molar-refractivity contribution in [3.05, 3.63) is 0 Å². The molecule has 1 aliphatic heterocycles. The van der Waals surface area contributed by atoms with Gasteiger partial charge >= 0.3 is 0 Å². The van der Waals surface area contributed by atoms with Crippen molar-refractivity contribution >= 4 is 10.0 Å². The van der Waals surface area contributed by atoms with Crippen molar-refractivity contribution in [1.29, 1.82) is 0 Å². The van der Waals surface area contributed by atoms with E-state index < -0.39 is 10.0 Å². The first-order valence-electron chi connectivity index (χ1n) is 5.74. The van der Waals surface area contributed by atoms with Crippen LogP contribution in [0.4, 0.5) is 0 Å². The molecule has 0 saturated carbocycles. The van der Waals surface area contributed by atoms with Gasteiger partial charge < -0.3 is 4.90 Å². The minimum Gasteiger partial charge on any atom is -0.300 e. The van der Waals surface area contributed by atoms with Crippen LogP contribution in [0.1, 0.15) is 32.6 Å².